The molecular weight excluding hydrogens is 170 g/mol. The summed E-state index contributed by atoms with van der Waals surface area (Å²) in [6, 6.07) is 0.463. The number of nitrogens with zero attached hydrogens (tertiary/aromatic N) is 1. The third-order valence-corrected chi connectivity index (χ3v) is 2.79. The molecule has 70 valence electrons. The van der Waals surface area contributed by atoms with Crippen LogP contribution in [0.3, 0.4) is 0 Å². The van der Waals surface area contributed by atoms with Gasteiger partial charge in [0.05, 0.1) is 5.75 Å². The molecule has 1 aliphatic rings. The molecule has 1 saturated heterocycles. The van der Waals surface area contributed by atoms with E-state index in [2.05, 4.69) is 26.5 Å². The molecule has 0 radical (unpaired) electrons. The third kappa shape index (κ3) is 1.94. The Hall–Kier alpha value is -0.180. The summed E-state index contributed by atoms with van der Waals surface area (Å²) in [5.41, 5.74) is 0. The Morgan fingerprint density at radius 2 is 2.33 bits per heavy atom. The van der Waals surface area contributed by atoms with Gasteiger partial charge in [0.15, 0.2) is 0 Å². The summed E-state index contributed by atoms with van der Waals surface area (Å²) in [6.45, 7) is 5.28. The highest BCUT2D eigenvalue weighted by molar-refractivity contribution is 7.81. The average Bonchev–Trinajstić information content (AvgIpc) is 2.50. The van der Waals surface area contributed by atoms with Gasteiger partial charge in [-0.1, -0.05) is 13.8 Å². The van der Waals surface area contributed by atoms with E-state index in [9.17, 15) is 4.79 Å². The first-order valence-electron chi connectivity index (χ1n) is 4.57. The maximum Gasteiger partial charge on any atom is 0.232 e. The molecular formula is C9H17NOS. The summed E-state index contributed by atoms with van der Waals surface area (Å²) in [6.07, 6.45) is 2.32. The number of rotatable bonds is 2. The fraction of sp³-hybridized carbons (Fsp3) is 0.889. The zero-order chi connectivity index (χ0) is 9.14. The Balaban J connectivity index is 2.57. The molecule has 0 aromatic carbocycles. The van der Waals surface area contributed by atoms with Crippen molar-refractivity contribution in [3.63, 3.8) is 0 Å². The summed E-state index contributed by atoms with van der Waals surface area (Å²) < 4.78 is 0. The predicted molar refractivity (Wildman–Crippen MR) is 53.4 cm³/mol. The molecule has 1 heterocycles. The lowest BCUT2D eigenvalue weighted by molar-refractivity contribution is -0.129. The zero-order valence-electron chi connectivity index (χ0n) is 7.79. The minimum absolute atomic E-state index is 0.189. The molecule has 2 nitrogen and oxygen atoms in total. The molecule has 1 aliphatic heterocycles. The first-order valence-corrected chi connectivity index (χ1v) is 5.20. The lowest BCUT2D eigenvalue weighted by Crippen LogP contribution is -2.39. The van der Waals surface area contributed by atoms with Crippen molar-refractivity contribution < 1.29 is 4.79 Å². The van der Waals surface area contributed by atoms with Crippen LogP contribution in [0.4, 0.5) is 0 Å². The standard InChI is InChI=1S/C9H17NOS/c1-7(2)8-4-3-5-10(8)9(11)6-12/h7-8,12H,3-6H2,1-2H3. The van der Waals surface area contributed by atoms with Crippen LogP contribution >= 0.6 is 12.6 Å². The predicted octanol–water partition coefficient (Wildman–Crippen LogP) is 1.56. The second-order valence-corrected chi connectivity index (χ2v) is 4.02. The molecule has 1 atom stereocenters. The van der Waals surface area contributed by atoms with E-state index in [-0.39, 0.29) is 5.91 Å². The highest BCUT2D eigenvalue weighted by Crippen LogP contribution is 2.23. The van der Waals surface area contributed by atoms with Crippen molar-refractivity contribution in [1.29, 1.82) is 0 Å². The van der Waals surface area contributed by atoms with E-state index in [1.165, 1.54) is 0 Å². The third-order valence-electron chi connectivity index (χ3n) is 2.52. The second-order valence-electron chi connectivity index (χ2n) is 3.70. The van der Waals surface area contributed by atoms with Crippen LogP contribution in [0.25, 0.3) is 0 Å². The van der Waals surface area contributed by atoms with Crippen LogP contribution in [0.1, 0.15) is 26.7 Å². The van der Waals surface area contributed by atoms with Crippen LogP contribution in [-0.2, 0) is 4.79 Å². The van der Waals surface area contributed by atoms with E-state index in [0.29, 0.717) is 17.7 Å². The van der Waals surface area contributed by atoms with Crippen molar-refractivity contribution in [2.24, 2.45) is 5.92 Å². The quantitative estimate of drug-likeness (QED) is 0.651. The first kappa shape index (κ1) is 9.90. The molecule has 1 amide bonds. The van der Waals surface area contributed by atoms with Crippen LogP contribution < -0.4 is 0 Å². The molecule has 0 spiro atoms. The van der Waals surface area contributed by atoms with Crippen molar-refractivity contribution in [1.82, 2.24) is 4.90 Å². The summed E-state index contributed by atoms with van der Waals surface area (Å²) in [7, 11) is 0. The second kappa shape index (κ2) is 4.17. The molecule has 12 heavy (non-hydrogen) atoms. The summed E-state index contributed by atoms with van der Waals surface area (Å²) in [4.78, 5) is 13.4. The topological polar surface area (TPSA) is 20.3 Å². The van der Waals surface area contributed by atoms with Gasteiger partial charge in [-0.15, -0.1) is 0 Å². The number of likely N-dealkylation sites (tertiary alicyclic amines) is 1. The molecule has 0 N–H and O–H groups in total. The van der Waals surface area contributed by atoms with Gasteiger partial charge in [-0.25, -0.2) is 0 Å². The number of hydrogen-bond donors (Lipinski definition) is 1. The largest absolute Gasteiger partial charge is 0.339 e. The minimum Gasteiger partial charge on any atom is -0.339 e. The van der Waals surface area contributed by atoms with Gasteiger partial charge in [-0.2, -0.15) is 12.6 Å². The lowest BCUT2D eigenvalue weighted by atomic mass is 10.0. The number of carbonyl (C=O) groups excluding carboxylic acids is 1. The SMILES string of the molecule is CC(C)C1CCCN1C(=O)CS. The van der Waals surface area contributed by atoms with Crippen molar-refractivity contribution in [3.05, 3.63) is 0 Å². The monoisotopic (exact) mass is 187 g/mol. The molecule has 1 unspecified atom stereocenters. The van der Waals surface area contributed by atoms with E-state index in [1.807, 2.05) is 4.90 Å². The fourth-order valence-electron chi connectivity index (χ4n) is 1.89. The summed E-state index contributed by atoms with van der Waals surface area (Å²) >= 11 is 4.01. The van der Waals surface area contributed by atoms with E-state index < -0.39 is 0 Å². The Morgan fingerprint density at radius 1 is 1.67 bits per heavy atom. The molecule has 0 aromatic rings. The molecule has 0 aliphatic carbocycles. The van der Waals surface area contributed by atoms with Gasteiger partial charge in [0.2, 0.25) is 5.91 Å². The van der Waals surface area contributed by atoms with Crippen molar-refractivity contribution >= 4 is 18.5 Å². The van der Waals surface area contributed by atoms with Crippen LogP contribution in [0.5, 0.6) is 0 Å². The van der Waals surface area contributed by atoms with E-state index in [1.54, 1.807) is 0 Å². The van der Waals surface area contributed by atoms with E-state index in [0.717, 1.165) is 19.4 Å². The summed E-state index contributed by atoms with van der Waals surface area (Å²) in [5, 5.41) is 0. The zero-order valence-corrected chi connectivity index (χ0v) is 8.68. The summed E-state index contributed by atoms with van der Waals surface area (Å²) in [5.74, 6) is 1.12. The molecule has 0 saturated carbocycles. The molecule has 0 aromatic heterocycles. The smallest absolute Gasteiger partial charge is 0.232 e. The van der Waals surface area contributed by atoms with Gasteiger partial charge in [-0.05, 0) is 18.8 Å². The Labute approximate surface area is 79.7 Å². The number of thiol groups is 1. The maximum absolute atomic E-state index is 11.4. The number of amides is 1. The highest BCUT2D eigenvalue weighted by atomic mass is 32.1. The van der Waals surface area contributed by atoms with Gasteiger partial charge >= 0.3 is 0 Å². The minimum atomic E-state index is 0.189. The average molecular weight is 187 g/mol. The Kier molecular flexibility index (Phi) is 3.44. The maximum atomic E-state index is 11.4. The Bertz CT molecular complexity index is 170. The highest BCUT2D eigenvalue weighted by Gasteiger charge is 2.29. The van der Waals surface area contributed by atoms with Crippen LogP contribution in [-0.4, -0.2) is 29.1 Å². The van der Waals surface area contributed by atoms with Gasteiger partial charge in [0.25, 0.3) is 0 Å². The number of carbonyl (C=O) groups is 1. The van der Waals surface area contributed by atoms with Gasteiger partial charge in [0.1, 0.15) is 0 Å². The lowest BCUT2D eigenvalue weighted by Gasteiger charge is -2.27. The van der Waals surface area contributed by atoms with Crippen molar-refractivity contribution in [3.8, 4) is 0 Å². The molecule has 0 bridgehead atoms. The van der Waals surface area contributed by atoms with Crippen molar-refractivity contribution in [2.75, 3.05) is 12.3 Å². The number of hydrogen-bond acceptors (Lipinski definition) is 2. The molecule has 1 rings (SSSR count). The first-order chi connectivity index (χ1) is 5.66. The molecule has 3 heteroatoms. The van der Waals surface area contributed by atoms with E-state index in [4.69, 9.17) is 0 Å². The van der Waals surface area contributed by atoms with Crippen molar-refractivity contribution in [2.45, 2.75) is 32.7 Å². The normalized spacial score (nSPS) is 23.7. The van der Waals surface area contributed by atoms with Crippen LogP contribution in [0.2, 0.25) is 0 Å². The van der Waals surface area contributed by atoms with Crippen LogP contribution in [0.15, 0.2) is 0 Å². The van der Waals surface area contributed by atoms with Crippen LogP contribution in [0, 0.1) is 5.92 Å². The molecule has 1 fully saturated rings. The van der Waals surface area contributed by atoms with Gasteiger partial charge in [0, 0.05) is 12.6 Å². The van der Waals surface area contributed by atoms with Gasteiger partial charge in [-0.3, -0.25) is 4.79 Å². The Morgan fingerprint density at radius 3 is 2.83 bits per heavy atom. The van der Waals surface area contributed by atoms with E-state index >= 15 is 0 Å². The fourth-order valence-corrected chi connectivity index (χ4v) is 2.07. The van der Waals surface area contributed by atoms with Gasteiger partial charge < -0.3 is 4.90 Å².